The Morgan fingerprint density at radius 1 is 1.24 bits per heavy atom. The molecule has 0 spiro atoms. The lowest BCUT2D eigenvalue weighted by atomic mass is 9.92. The molecule has 1 aromatic rings. The Kier molecular flexibility index (Phi) is 5.18. The van der Waals surface area contributed by atoms with E-state index < -0.39 is 0 Å². The van der Waals surface area contributed by atoms with E-state index in [0.717, 1.165) is 25.1 Å². The van der Waals surface area contributed by atoms with Crippen molar-refractivity contribution in [1.29, 1.82) is 5.26 Å². The van der Waals surface area contributed by atoms with Gasteiger partial charge in [-0.3, -0.25) is 0 Å². The molecule has 0 saturated heterocycles. The van der Waals surface area contributed by atoms with Gasteiger partial charge in [-0.05, 0) is 23.9 Å². The second-order valence-electron chi connectivity index (χ2n) is 5.61. The highest BCUT2D eigenvalue weighted by atomic mass is 14.9. The summed E-state index contributed by atoms with van der Waals surface area (Å²) in [6, 6.07) is 12.3. The van der Waals surface area contributed by atoms with Crippen molar-refractivity contribution < 1.29 is 0 Å². The van der Waals surface area contributed by atoms with Crippen LogP contribution in [-0.4, -0.2) is 13.1 Å². The molecule has 1 rings (SSSR count). The smallest absolute Gasteiger partial charge is 0.0837 e. The van der Waals surface area contributed by atoms with Crippen molar-refractivity contribution in [2.75, 3.05) is 13.1 Å². The maximum atomic E-state index is 9.15. The van der Waals surface area contributed by atoms with Crippen LogP contribution in [0.1, 0.15) is 38.7 Å². The Balaban J connectivity index is 2.37. The summed E-state index contributed by atoms with van der Waals surface area (Å²) in [5, 5.41) is 12.5. The van der Waals surface area contributed by atoms with Gasteiger partial charge in [0.25, 0.3) is 0 Å². The lowest BCUT2D eigenvalue weighted by Crippen LogP contribution is -2.25. The standard InChI is InChI=1S/C15H22N2/c1-15(2,3)9-10-17-12-14(11-16)13-7-5-4-6-8-13/h4-8,14,17H,9-10,12H2,1-3H3. The molecule has 2 heteroatoms. The summed E-state index contributed by atoms with van der Waals surface area (Å²) in [7, 11) is 0. The summed E-state index contributed by atoms with van der Waals surface area (Å²) in [6.45, 7) is 8.39. The molecule has 1 aromatic carbocycles. The summed E-state index contributed by atoms with van der Waals surface area (Å²) >= 11 is 0. The van der Waals surface area contributed by atoms with Crippen LogP contribution >= 0.6 is 0 Å². The Morgan fingerprint density at radius 3 is 2.41 bits per heavy atom. The van der Waals surface area contributed by atoms with Crippen LogP contribution in [-0.2, 0) is 0 Å². The monoisotopic (exact) mass is 230 g/mol. The first-order chi connectivity index (χ1) is 8.03. The molecular weight excluding hydrogens is 208 g/mol. The number of hydrogen-bond acceptors (Lipinski definition) is 2. The molecule has 1 atom stereocenters. The van der Waals surface area contributed by atoms with Gasteiger partial charge in [-0.25, -0.2) is 0 Å². The molecule has 0 fully saturated rings. The van der Waals surface area contributed by atoms with Gasteiger partial charge >= 0.3 is 0 Å². The average Bonchev–Trinajstić information content (AvgIpc) is 2.29. The quantitative estimate of drug-likeness (QED) is 0.788. The predicted octanol–water partition coefficient (Wildman–Crippen LogP) is 3.32. The third kappa shape index (κ3) is 5.51. The van der Waals surface area contributed by atoms with Crippen LogP contribution in [0.25, 0.3) is 0 Å². The molecule has 0 aliphatic carbocycles. The molecule has 92 valence electrons. The molecule has 2 nitrogen and oxygen atoms in total. The fraction of sp³-hybridized carbons (Fsp3) is 0.533. The first kappa shape index (κ1) is 13.7. The van der Waals surface area contributed by atoms with Crippen LogP contribution in [0.15, 0.2) is 30.3 Å². The Hall–Kier alpha value is -1.33. The Bertz CT molecular complexity index is 357. The van der Waals surface area contributed by atoms with Gasteiger partial charge in [-0.2, -0.15) is 5.26 Å². The van der Waals surface area contributed by atoms with E-state index in [1.165, 1.54) is 0 Å². The molecule has 0 bridgehead atoms. The molecule has 0 heterocycles. The van der Waals surface area contributed by atoms with Crippen molar-refractivity contribution in [1.82, 2.24) is 5.32 Å². The van der Waals surface area contributed by atoms with Crippen molar-refractivity contribution in [2.24, 2.45) is 5.41 Å². The third-order valence-electron chi connectivity index (χ3n) is 2.76. The summed E-state index contributed by atoms with van der Waals surface area (Å²) < 4.78 is 0. The highest BCUT2D eigenvalue weighted by Crippen LogP contribution is 2.17. The van der Waals surface area contributed by atoms with Gasteiger partial charge in [0.05, 0.1) is 12.0 Å². The maximum Gasteiger partial charge on any atom is 0.0837 e. The number of nitrogens with zero attached hydrogens (tertiary/aromatic N) is 1. The van der Waals surface area contributed by atoms with Gasteiger partial charge in [-0.15, -0.1) is 0 Å². The van der Waals surface area contributed by atoms with Crippen LogP contribution in [0.4, 0.5) is 0 Å². The van der Waals surface area contributed by atoms with Crippen molar-refractivity contribution in [3.05, 3.63) is 35.9 Å². The van der Waals surface area contributed by atoms with Crippen LogP contribution in [0, 0.1) is 16.7 Å². The molecule has 17 heavy (non-hydrogen) atoms. The second kappa shape index (κ2) is 6.42. The number of benzene rings is 1. The SMILES string of the molecule is CC(C)(C)CCNCC(C#N)c1ccccc1. The topological polar surface area (TPSA) is 35.8 Å². The number of nitriles is 1. The van der Waals surface area contributed by atoms with Crippen LogP contribution < -0.4 is 5.32 Å². The molecule has 0 radical (unpaired) electrons. The molecule has 0 amide bonds. The van der Waals surface area contributed by atoms with E-state index in [1.54, 1.807) is 0 Å². The fourth-order valence-electron chi connectivity index (χ4n) is 1.63. The maximum absolute atomic E-state index is 9.15. The zero-order valence-corrected chi connectivity index (χ0v) is 11.0. The number of rotatable bonds is 5. The number of hydrogen-bond donors (Lipinski definition) is 1. The largest absolute Gasteiger partial charge is 0.315 e. The molecule has 0 aliphatic rings. The van der Waals surface area contributed by atoms with Gasteiger partial charge in [-0.1, -0.05) is 51.1 Å². The van der Waals surface area contributed by atoms with Crippen molar-refractivity contribution in [3.8, 4) is 6.07 Å². The fourth-order valence-corrected chi connectivity index (χ4v) is 1.63. The summed E-state index contributed by atoms with van der Waals surface area (Å²) in [5.41, 5.74) is 1.44. The third-order valence-corrected chi connectivity index (χ3v) is 2.76. The normalized spacial score (nSPS) is 13.1. The predicted molar refractivity (Wildman–Crippen MR) is 71.7 cm³/mol. The zero-order valence-electron chi connectivity index (χ0n) is 11.0. The van der Waals surface area contributed by atoms with Gasteiger partial charge in [0.2, 0.25) is 0 Å². The molecule has 0 aliphatic heterocycles. The minimum atomic E-state index is -0.0452. The Morgan fingerprint density at radius 2 is 1.88 bits per heavy atom. The zero-order chi connectivity index (χ0) is 12.7. The summed E-state index contributed by atoms with van der Waals surface area (Å²) in [6.07, 6.45) is 1.12. The molecule has 1 unspecified atom stereocenters. The molecule has 0 saturated carbocycles. The van der Waals surface area contributed by atoms with E-state index in [4.69, 9.17) is 5.26 Å². The lowest BCUT2D eigenvalue weighted by Gasteiger charge is -2.19. The number of nitrogens with one attached hydrogen (secondary N) is 1. The first-order valence-corrected chi connectivity index (χ1v) is 6.18. The molecule has 0 aromatic heterocycles. The van der Waals surface area contributed by atoms with Gasteiger partial charge < -0.3 is 5.32 Å². The minimum absolute atomic E-state index is 0.0452. The van der Waals surface area contributed by atoms with Crippen LogP contribution in [0.5, 0.6) is 0 Å². The summed E-state index contributed by atoms with van der Waals surface area (Å²) in [4.78, 5) is 0. The van der Waals surface area contributed by atoms with E-state index in [-0.39, 0.29) is 5.92 Å². The average molecular weight is 230 g/mol. The highest BCUT2D eigenvalue weighted by Gasteiger charge is 2.12. The van der Waals surface area contributed by atoms with Crippen molar-refractivity contribution >= 4 is 0 Å². The van der Waals surface area contributed by atoms with E-state index in [0.29, 0.717) is 5.41 Å². The van der Waals surface area contributed by atoms with E-state index >= 15 is 0 Å². The molecule has 1 N–H and O–H groups in total. The minimum Gasteiger partial charge on any atom is -0.315 e. The lowest BCUT2D eigenvalue weighted by molar-refractivity contribution is 0.366. The van der Waals surface area contributed by atoms with Crippen LogP contribution in [0.3, 0.4) is 0 Å². The highest BCUT2D eigenvalue weighted by molar-refractivity contribution is 5.24. The second-order valence-corrected chi connectivity index (χ2v) is 5.61. The van der Waals surface area contributed by atoms with E-state index in [9.17, 15) is 0 Å². The van der Waals surface area contributed by atoms with Gasteiger partial charge in [0, 0.05) is 6.54 Å². The summed E-state index contributed by atoms with van der Waals surface area (Å²) in [5.74, 6) is -0.0452. The van der Waals surface area contributed by atoms with Crippen LogP contribution in [0.2, 0.25) is 0 Å². The van der Waals surface area contributed by atoms with Crippen molar-refractivity contribution in [2.45, 2.75) is 33.1 Å². The van der Waals surface area contributed by atoms with E-state index in [2.05, 4.69) is 32.2 Å². The van der Waals surface area contributed by atoms with E-state index in [1.807, 2.05) is 30.3 Å². The molecular formula is C15H22N2. The van der Waals surface area contributed by atoms with Gasteiger partial charge in [0.15, 0.2) is 0 Å². The van der Waals surface area contributed by atoms with Crippen molar-refractivity contribution in [3.63, 3.8) is 0 Å². The first-order valence-electron chi connectivity index (χ1n) is 6.18. The van der Waals surface area contributed by atoms with Gasteiger partial charge in [0.1, 0.15) is 0 Å². The Labute approximate surface area is 105 Å².